The smallest absolute Gasteiger partial charge is 0.339 e. The molecule has 120 valence electrons. The Labute approximate surface area is 146 Å². The maximum atomic E-state index is 12.2. The molecule has 0 fully saturated rings. The van der Waals surface area contributed by atoms with Gasteiger partial charge in [-0.05, 0) is 46.5 Å². The summed E-state index contributed by atoms with van der Waals surface area (Å²) in [6.07, 6.45) is 1.75. The molecule has 0 N–H and O–H groups in total. The Hall–Kier alpha value is -2.58. The van der Waals surface area contributed by atoms with Crippen LogP contribution in [0.5, 0.6) is 0 Å². The van der Waals surface area contributed by atoms with Crippen LogP contribution in [0.1, 0.15) is 22.8 Å². The van der Waals surface area contributed by atoms with E-state index in [2.05, 4.69) is 24.8 Å². The molecular weight excluding hydrogens is 320 g/mol. The Bertz CT molecular complexity index is 923. The quantitative estimate of drug-likeness (QED) is 0.548. The van der Waals surface area contributed by atoms with Gasteiger partial charge < -0.3 is 4.74 Å². The maximum absolute atomic E-state index is 12.2. The van der Waals surface area contributed by atoms with Gasteiger partial charge in [-0.3, -0.25) is 0 Å². The lowest BCUT2D eigenvalue weighted by molar-refractivity contribution is 0.0526. The number of carbonyl (C=O) groups is 1. The van der Waals surface area contributed by atoms with Gasteiger partial charge in [0.05, 0.1) is 17.2 Å². The van der Waals surface area contributed by atoms with Crippen molar-refractivity contribution in [1.82, 2.24) is 0 Å². The van der Waals surface area contributed by atoms with Crippen LogP contribution in [-0.4, -0.2) is 12.6 Å². The number of carbonyl (C=O) groups excluding carboxylic acids is 1. The van der Waals surface area contributed by atoms with Gasteiger partial charge >= 0.3 is 5.97 Å². The highest BCUT2D eigenvalue weighted by atomic mass is 35.5. The number of hydrogen-bond acceptors (Lipinski definition) is 2. The second-order valence-electron chi connectivity index (χ2n) is 5.37. The Balaban J connectivity index is 2.27. The van der Waals surface area contributed by atoms with E-state index in [4.69, 9.17) is 16.3 Å². The summed E-state index contributed by atoms with van der Waals surface area (Å²) in [4.78, 5) is 12.2. The van der Waals surface area contributed by atoms with Crippen molar-refractivity contribution in [3.05, 3.63) is 77.3 Å². The van der Waals surface area contributed by atoms with Gasteiger partial charge in [-0.25, -0.2) is 4.79 Å². The summed E-state index contributed by atoms with van der Waals surface area (Å²) in [5.74, 6) is -0.417. The van der Waals surface area contributed by atoms with Gasteiger partial charge in [-0.1, -0.05) is 66.7 Å². The summed E-state index contributed by atoms with van der Waals surface area (Å²) in [6.45, 7) is 5.96. The molecule has 0 saturated heterocycles. The maximum Gasteiger partial charge on any atom is 0.339 e. The third-order valence-electron chi connectivity index (χ3n) is 3.93. The average molecular weight is 337 g/mol. The zero-order valence-corrected chi connectivity index (χ0v) is 14.1. The Morgan fingerprint density at radius 3 is 2.62 bits per heavy atom. The number of ether oxygens (including phenoxy) is 1. The summed E-state index contributed by atoms with van der Waals surface area (Å²) in [5, 5.41) is 2.62. The first-order valence-electron chi connectivity index (χ1n) is 7.77. The third kappa shape index (κ3) is 2.93. The van der Waals surface area contributed by atoms with Gasteiger partial charge in [0.2, 0.25) is 0 Å². The van der Waals surface area contributed by atoms with E-state index in [-0.39, 0.29) is 0 Å². The molecule has 0 atom stereocenters. The summed E-state index contributed by atoms with van der Waals surface area (Å²) >= 11 is 6.27. The first-order chi connectivity index (χ1) is 11.7. The van der Waals surface area contributed by atoms with Crippen molar-refractivity contribution in [3.63, 3.8) is 0 Å². The molecule has 24 heavy (non-hydrogen) atoms. The number of hydrogen-bond donors (Lipinski definition) is 0. The number of esters is 1. The molecule has 0 saturated carbocycles. The minimum absolute atomic E-state index is 0.308. The van der Waals surface area contributed by atoms with Crippen molar-refractivity contribution in [2.45, 2.75) is 6.92 Å². The van der Waals surface area contributed by atoms with Crippen molar-refractivity contribution < 1.29 is 9.53 Å². The highest BCUT2D eigenvalue weighted by Gasteiger charge is 2.16. The summed E-state index contributed by atoms with van der Waals surface area (Å²) in [5.41, 5.74) is 3.19. The summed E-state index contributed by atoms with van der Waals surface area (Å²) < 4.78 is 5.11. The fourth-order valence-electron chi connectivity index (χ4n) is 2.82. The SMILES string of the molecule is C=Cc1cc(Cl)c(C(=O)OCC)cc1-c1cccc2ccccc12. The molecule has 0 heterocycles. The molecule has 0 aliphatic carbocycles. The van der Waals surface area contributed by atoms with E-state index >= 15 is 0 Å². The second-order valence-corrected chi connectivity index (χ2v) is 5.78. The monoisotopic (exact) mass is 336 g/mol. The molecule has 2 nitrogen and oxygen atoms in total. The van der Waals surface area contributed by atoms with Crippen molar-refractivity contribution in [3.8, 4) is 11.1 Å². The lowest BCUT2D eigenvalue weighted by atomic mass is 9.93. The van der Waals surface area contributed by atoms with Gasteiger partial charge in [0, 0.05) is 0 Å². The van der Waals surface area contributed by atoms with Crippen LogP contribution in [0.2, 0.25) is 5.02 Å². The van der Waals surface area contributed by atoms with Gasteiger partial charge in [0.25, 0.3) is 0 Å². The van der Waals surface area contributed by atoms with E-state index in [1.165, 1.54) is 0 Å². The highest BCUT2D eigenvalue weighted by Crippen LogP contribution is 2.35. The van der Waals surface area contributed by atoms with E-state index in [1.54, 1.807) is 25.1 Å². The number of rotatable bonds is 4. The zero-order chi connectivity index (χ0) is 17.1. The highest BCUT2D eigenvalue weighted by molar-refractivity contribution is 6.34. The first kappa shape index (κ1) is 16.3. The Kier molecular flexibility index (Phi) is 4.68. The van der Waals surface area contributed by atoms with Crippen molar-refractivity contribution in [1.29, 1.82) is 0 Å². The van der Waals surface area contributed by atoms with Gasteiger partial charge in [0.1, 0.15) is 0 Å². The third-order valence-corrected chi connectivity index (χ3v) is 4.25. The molecule has 3 heteroatoms. The number of halogens is 1. The predicted molar refractivity (Wildman–Crippen MR) is 100 cm³/mol. The van der Waals surface area contributed by atoms with E-state index < -0.39 is 5.97 Å². The fourth-order valence-corrected chi connectivity index (χ4v) is 3.07. The molecule has 3 aromatic rings. The standard InChI is InChI=1S/C21H17ClO2/c1-3-14-12-20(22)19(21(23)24-4-2)13-18(14)17-11-7-9-15-8-5-6-10-16(15)17/h3,5-13H,1,4H2,2H3. The molecule has 0 aliphatic rings. The molecule has 3 rings (SSSR count). The lowest BCUT2D eigenvalue weighted by Gasteiger charge is -2.13. The van der Waals surface area contributed by atoms with Gasteiger partial charge in [-0.15, -0.1) is 0 Å². The van der Waals surface area contributed by atoms with Crippen molar-refractivity contribution in [2.75, 3.05) is 6.61 Å². The first-order valence-corrected chi connectivity index (χ1v) is 8.14. The molecule has 3 aromatic carbocycles. The van der Waals surface area contributed by atoms with Crippen molar-refractivity contribution >= 4 is 34.4 Å². The van der Waals surface area contributed by atoms with Crippen LogP contribution in [0.15, 0.2) is 61.2 Å². The van der Waals surface area contributed by atoms with Crippen LogP contribution in [0, 0.1) is 0 Å². The molecule has 0 radical (unpaired) electrons. The van der Waals surface area contributed by atoms with Crippen LogP contribution in [0.3, 0.4) is 0 Å². The molecule has 0 bridgehead atoms. The largest absolute Gasteiger partial charge is 0.462 e. The Morgan fingerprint density at radius 2 is 1.88 bits per heavy atom. The van der Waals surface area contributed by atoms with E-state index in [9.17, 15) is 4.79 Å². The fraction of sp³-hybridized carbons (Fsp3) is 0.0952. The van der Waals surface area contributed by atoms with E-state index in [0.717, 1.165) is 27.5 Å². The van der Waals surface area contributed by atoms with E-state index in [0.29, 0.717) is 17.2 Å². The van der Waals surface area contributed by atoms with E-state index in [1.807, 2.05) is 24.3 Å². The predicted octanol–water partition coefficient (Wildman–Crippen LogP) is 5.98. The molecule has 0 aromatic heterocycles. The molecule has 0 amide bonds. The minimum atomic E-state index is -0.417. The number of benzene rings is 3. The normalized spacial score (nSPS) is 10.6. The Morgan fingerprint density at radius 1 is 1.12 bits per heavy atom. The molecule has 0 aliphatic heterocycles. The zero-order valence-electron chi connectivity index (χ0n) is 13.4. The summed E-state index contributed by atoms with van der Waals surface area (Å²) in [7, 11) is 0. The summed E-state index contributed by atoms with van der Waals surface area (Å²) in [6, 6.07) is 17.8. The van der Waals surface area contributed by atoms with Crippen LogP contribution >= 0.6 is 11.6 Å². The second kappa shape index (κ2) is 6.90. The topological polar surface area (TPSA) is 26.3 Å². The lowest BCUT2D eigenvalue weighted by Crippen LogP contribution is -2.06. The molecular formula is C21H17ClO2. The van der Waals surface area contributed by atoms with Crippen molar-refractivity contribution in [2.24, 2.45) is 0 Å². The molecule has 0 unspecified atom stereocenters. The average Bonchev–Trinajstić information content (AvgIpc) is 2.61. The molecule has 0 spiro atoms. The van der Waals surface area contributed by atoms with Gasteiger partial charge in [0.15, 0.2) is 0 Å². The minimum Gasteiger partial charge on any atom is -0.462 e. The van der Waals surface area contributed by atoms with Gasteiger partial charge in [-0.2, -0.15) is 0 Å². The number of fused-ring (bicyclic) bond motifs is 1. The van der Waals surface area contributed by atoms with Crippen LogP contribution in [0.4, 0.5) is 0 Å². The van der Waals surface area contributed by atoms with Crippen LogP contribution in [0.25, 0.3) is 28.0 Å². The van der Waals surface area contributed by atoms with Crippen LogP contribution < -0.4 is 0 Å². The van der Waals surface area contributed by atoms with Crippen LogP contribution in [-0.2, 0) is 4.74 Å².